The zero-order valence-electron chi connectivity index (χ0n) is 4.50. The van der Waals surface area contributed by atoms with E-state index in [1.807, 2.05) is 11.8 Å². The number of hydrogen-bond acceptors (Lipinski definition) is 2. The van der Waals surface area contributed by atoms with Gasteiger partial charge in [0.1, 0.15) is 0 Å². The predicted molar refractivity (Wildman–Crippen MR) is 36.4 cm³/mol. The van der Waals surface area contributed by atoms with Crippen LogP contribution in [0.3, 0.4) is 0 Å². The van der Waals surface area contributed by atoms with E-state index in [0.717, 1.165) is 12.4 Å². The molecule has 0 radical (unpaired) electrons. The summed E-state index contributed by atoms with van der Waals surface area (Å²) in [5.41, 5.74) is 1.40. The van der Waals surface area contributed by atoms with Gasteiger partial charge in [-0.1, -0.05) is 6.08 Å². The van der Waals surface area contributed by atoms with Crippen LogP contribution < -0.4 is 0 Å². The second kappa shape index (κ2) is 1.55. The van der Waals surface area contributed by atoms with Crippen LogP contribution >= 0.6 is 11.8 Å². The summed E-state index contributed by atoms with van der Waals surface area (Å²) in [5, 5.41) is 2.21. The molecule has 2 heterocycles. The summed E-state index contributed by atoms with van der Waals surface area (Å²) in [6, 6.07) is 0. The smallest absolute Gasteiger partial charge is 0.0684 e. The van der Waals surface area contributed by atoms with Crippen molar-refractivity contribution in [2.24, 2.45) is 0 Å². The lowest BCUT2D eigenvalue weighted by Crippen LogP contribution is -2.12. The lowest BCUT2D eigenvalue weighted by Gasteiger charge is -2.09. The Morgan fingerprint density at radius 3 is 3.50 bits per heavy atom. The molecule has 0 amide bonds. The van der Waals surface area contributed by atoms with Crippen molar-refractivity contribution in [3.8, 4) is 0 Å². The highest BCUT2D eigenvalue weighted by Crippen LogP contribution is 2.26. The number of fused-ring (bicyclic) bond motifs is 1. The fourth-order valence-corrected chi connectivity index (χ4v) is 1.87. The lowest BCUT2D eigenvalue weighted by molar-refractivity contribution is 0.490. The van der Waals surface area contributed by atoms with Crippen LogP contribution in [0.4, 0.5) is 0 Å². The monoisotopic (exact) mass is 125 g/mol. The van der Waals surface area contributed by atoms with Crippen molar-refractivity contribution < 1.29 is 0 Å². The lowest BCUT2D eigenvalue weighted by atomic mass is 10.5. The first-order valence-electron chi connectivity index (χ1n) is 2.70. The van der Waals surface area contributed by atoms with Gasteiger partial charge >= 0.3 is 0 Å². The summed E-state index contributed by atoms with van der Waals surface area (Å²) >= 11 is 1.88. The van der Waals surface area contributed by atoms with Crippen LogP contribution in [-0.4, -0.2) is 17.3 Å². The molecule has 0 fully saturated rings. The molecule has 1 nitrogen and oxygen atoms in total. The van der Waals surface area contributed by atoms with Crippen LogP contribution in [0.15, 0.2) is 23.3 Å². The van der Waals surface area contributed by atoms with E-state index in [1.54, 1.807) is 0 Å². The zero-order valence-corrected chi connectivity index (χ0v) is 5.32. The van der Waals surface area contributed by atoms with Gasteiger partial charge in [-0.05, 0) is 11.5 Å². The molecule has 0 unspecified atom stereocenters. The van der Waals surface area contributed by atoms with E-state index in [0.29, 0.717) is 0 Å². The van der Waals surface area contributed by atoms with E-state index in [-0.39, 0.29) is 0 Å². The van der Waals surface area contributed by atoms with Crippen LogP contribution in [-0.2, 0) is 0 Å². The molecule has 2 aliphatic heterocycles. The molecule has 42 valence electrons. The molecule has 0 spiro atoms. The highest BCUT2D eigenvalue weighted by molar-refractivity contribution is 8.02. The molecule has 2 heteroatoms. The first-order valence-corrected chi connectivity index (χ1v) is 3.75. The van der Waals surface area contributed by atoms with E-state index in [1.165, 1.54) is 5.70 Å². The number of nitrogens with zero attached hydrogens (tertiary/aromatic N) is 1. The zero-order chi connectivity index (χ0) is 5.40. The average Bonchev–Trinajstić information content (AvgIpc) is 2.15. The Balaban J connectivity index is 2.31. The van der Waals surface area contributed by atoms with E-state index in [2.05, 4.69) is 22.5 Å². The highest BCUT2D eigenvalue weighted by Gasteiger charge is 2.14. The Hall–Kier alpha value is -0.370. The van der Waals surface area contributed by atoms with Crippen molar-refractivity contribution >= 4 is 11.8 Å². The summed E-state index contributed by atoms with van der Waals surface area (Å²) < 4.78 is 0. The van der Waals surface area contributed by atoms with Gasteiger partial charge in [0.25, 0.3) is 0 Å². The first kappa shape index (κ1) is 4.50. The second-order valence-electron chi connectivity index (χ2n) is 1.96. The molecule has 0 saturated carbocycles. The van der Waals surface area contributed by atoms with Crippen LogP contribution in [0.2, 0.25) is 0 Å². The van der Waals surface area contributed by atoms with Crippen molar-refractivity contribution in [3.05, 3.63) is 23.3 Å². The molecule has 0 aromatic heterocycles. The molecule has 0 atom stereocenters. The Morgan fingerprint density at radius 2 is 2.62 bits per heavy atom. The van der Waals surface area contributed by atoms with E-state index >= 15 is 0 Å². The standard InChI is InChI=1S/C6H7NS/c1-2-6-4-8-5-7(6)3-1/h1-2,4H,3,5H2. The average molecular weight is 125 g/mol. The molecular formula is C6H7NS. The molecule has 0 aromatic rings. The molecule has 8 heavy (non-hydrogen) atoms. The number of hydrogen-bond donors (Lipinski definition) is 0. The number of allylic oxidation sites excluding steroid dienone is 1. The molecular weight excluding hydrogens is 118 g/mol. The van der Waals surface area contributed by atoms with Gasteiger partial charge in [-0.2, -0.15) is 0 Å². The van der Waals surface area contributed by atoms with Gasteiger partial charge in [0.15, 0.2) is 0 Å². The van der Waals surface area contributed by atoms with Crippen LogP contribution in [0.5, 0.6) is 0 Å². The van der Waals surface area contributed by atoms with Crippen molar-refractivity contribution in [1.29, 1.82) is 0 Å². The molecule has 0 bridgehead atoms. The van der Waals surface area contributed by atoms with Gasteiger partial charge in [-0.25, -0.2) is 0 Å². The topological polar surface area (TPSA) is 3.24 Å². The maximum absolute atomic E-state index is 2.35. The normalized spacial score (nSPS) is 24.0. The minimum Gasteiger partial charge on any atom is -0.358 e. The third kappa shape index (κ3) is 0.494. The van der Waals surface area contributed by atoms with Crippen molar-refractivity contribution in [2.75, 3.05) is 12.4 Å². The van der Waals surface area contributed by atoms with Gasteiger partial charge in [-0.15, -0.1) is 11.8 Å². The SMILES string of the molecule is C1=CC2=CSCN2C1. The molecule has 0 saturated heterocycles. The number of rotatable bonds is 0. The summed E-state index contributed by atoms with van der Waals surface area (Å²) in [7, 11) is 0. The van der Waals surface area contributed by atoms with Crippen molar-refractivity contribution in [1.82, 2.24) is 4.90 Å². The molecule has 0 N–H and O–H groups in total. The Morgan fingerprint density at radius 1 is 1.62 bits per heavy atom. The third-order valence-electron chi connectivity index (χ3n) is 1.41. The molecule has 2 rings (SSSR count). The summed E-state index contributed by atoms with van der Waals surface area (Å²) in [6.45, 7) is 1.12. The Bertz CT molecular complexity index is 160. The van der Waals surface area contributed by atoms with Gasteiger partial charge in [0.2, 0.25) is 0 Å². The fourth-order valence-electron chi connectivity index (χ4n) is 0.965. The second-order valence-corrected chi connectivity index (χ2v) is 2.79. The molecule has 0 aliphatic carbocycles. The van der Waals surface area contributed by atoms with Gasteiger partial charge < -0.3 is 4.90 Å². The minimum atomic E-state index is 1.12. The molecule has 2 aliphatic rings. The Kier molecular flexibility index (Phi) is 0.875. The first-order chi connectivity index (χ1) is 3.97. The van der Waals surface area contributed by atoms with Gasteiger partial charge in [-0.3, -0.25) is 0 Å². The van der Waals surface area contributed by atoms with E-state index in [9.17, 15) is 0 Å². The van der Waals surface area contributed by atoms with Gasteiger partial charge in [0.05, 0.1) is 5.88 Å². The van der Waals surface area contributed by atoms with Crippen molar-refractivity contribution in [3.63, 3.8) is 0 Å². The largest absolute Gasteiger partial charge is 0.358 e. The fraction of sp³-hybridized carbons (Fsp3) is 0.333. The van der Waals surface area contributed by atoms with Gasteiger partial charge in [0, 0.05) is 12.2 Å². The third-order valence-corrected chi connectivity index (χ3v) is 2.28. The Labute approximate surface area is 53.1 Å². The minimum absolute atomic E-state index is 1.12. The summed E-state index contributed by atoms with van der Waals surface area (Å²) in [6.07, 6.45) is 4.38. The molecule has 0 aromatic carbocycles. The van der Waals surface area contributed by atoms with Crippen LogP contribution in [0.1, 0.15) is 0 Å². The van der Waals surface area contributed by atoms with E-state index in [4.69, 9.17) is 0 Å². The predicted octanol–water partition coefficient (Wildman–Crippen LogP) is 1.40. The summed E-state index contributed by atoms with van der Waals surface area (Å²) in [4.78, 5) is 2.35. The maximum atomic E-state index is 2.35. The number of thioether (sulfide) groups is 1. The van der Waals surface area contributed by atoms with Crippen LogP contribution in [0, 0.1) is 0 Å². The van der Waals surface area contributed by atoms with E-state index < -0.39 is 0 Å². The summed E-state index contributed by atoms with van der Waals surface area (Å²) in [5.74, 6) is 1.16. The quantitative estimate of drug-likeness (QED) is 0.481. The van der Waals surface area contributed by atoms with Crippen LogP contribution in [0.25, 0.3) is 0 Å². The van der Waals surface area contributed by atoms with Crippen molar-refractivity contribution in [2.45, 2.75) is 0 Å². The highest BCUT2D eigenvalue weighted by atomic mass is 32.2. The maximum Gasteiger partial charge on any atom is 0.0684 e.